The Morgan fingerprint density at radius 2 is 1.74 bits per heavy atom. The Morgan fingerprint density at radius 1 is 1.05 bits per heavy atom. The van der Waals surface area contributed by atoms with Gasteiger partial charge in [-0.25, -0.2) is 0 Å². The van der Waals surface area contributed by atoms with E-state index < -0.39 is 0 Å². The van der Waals surface area contributed by atoms with E-state index in [-0.39, 0.29) is 5.60 Å². The highest BCUT2D eigenvalue weighted by Gasteiger charge is 2.24. The molecule has 2 atom stereocenters. The summed E-state index contributed by atoms with van der Waals surface area (Å²) in [5.74, 6) is 0. The third kappa shape index (κ3) is 8.61. The van der Waals surface area contributed by atoms with E-state index in [9.17, 15) is 0 Å². The predicted octanol–water partition coefficient (Wildman–Crippen LogP) is 3.77. The minimum atomic E-state index is -0.0465. The lowest BCUT2D eigenvalue weighted by atomic mass is 9.94. The third-order valence-electron chi connectivity index (χ3n) is 3.67. The first-order valence-electron chi connectivity index (χ1n) is 7.90. The summed E-state index contributed by atoms with van der Waals surface area (Å²) >= 11 is 0. The van der Waals surface area contributed by atoms with Crippen LogP contribution in [0.15, 0.2) is 0 Å². The topological polar surface area (TPSA) is 30.5 Å². The molecule has 19 heavy (non-hydrogen) atoms. The van der Waals surface area contributed by atoms with Gasteiger partial charge in [-0.15, -0.1) is 0 Å². The molecule has 0 aromatic rings. The van der Waals surface area contributed by atoms with Crippen LogP contribution in [0.5, 0.6) is 0 Å². The molecule has 0 aliphatic heterocycles. The van der Waals surface area contributed by atoms with Crippen LogP contribution in [0.3, 0.4) is 0 Å². The molecule has 2 unspecified atom stereocenters. The first-order chi connectivity index (χ1) is 9.00. The molecule has 0 saturated heterocycles. The maximum absolute atomic E-state index is 5.94. The molecule has 0 aliphatic rings. The van der Waals surface area contributed by atoms with Gasteiger partial charge in [0.15, 0.2) is 0 Å². The average Bonchev–Trinajstić information content (AvgIpc) is 2.39. The Bertz CT molecular complexity index is 201. The number of rotatable bonds is 12. The second kappa shape index (κ2) is 10.6. The van der Waals surface area contributed by atoms with Gasteiger partial charge in [0.2, 0.25) is 0 Å². The van der Waals surface area contributed by atoms with E-state index in [1.807, 2.05) is 0 Å². The van der Waals surface area contributed by atoms with Crippen molar-refractivity contribution in [1.82, 2.24) is 5.32 Å². The smallest absolute Gasteiger partial charge is 0.0727 e. The summed E-state index contributed by atoms with van der Waals surface area (Å²) in [6.45, 7) is 12.7. The second-order valence-corrected chi connectivity index (χ2v) is 5.85. The lowest BCUT2D eigenvalue weighted by molar-refractivity contribution is -0.00605. The van der Waals surface area contributed by atoms with Crippen molar-refractivity contribution in [3.63, 3.8) is 0 Å². The summed E-state index contributed by atoms with van der Waals surface area (Å²) < 4.78 is 11.5. The molecular weight excluding hydrogens is 238 g/mol. The van der Waals surface area contributed by atoms with Crippen molar-refractivity contribution >= 4 is 0 Å². The standard InChI is InChI=1S/C16H35NO2/c1-7-10-15(19-9-3)14(17-13-8-2)11-12-16(4,5)18-6/h14-15,17H,7-13H2,1-6H3. The van der Waals surface area contributed by atoms with E-state index >= 15 is 0 Å². The maximum Gasteiger partial charge on any atom is 0.0727 e. The fourth-order valence-electron chi connectivity index (χ4n) is 2.25. The quantitative estimate of drug-likeness (QED) is 0.587. The van der Waals surface area contributed by atoms with Gasteiger partial charge in [-0.2, -0.15) is 0 Å². The Hall–Kier alpha value is -0.120. The van der Waals surface area contributed by atoms with Crippen LogP contribution in [0.1, 0.15) is 66.7 Å². The van der Waals surface area contributed by atoms with Gasteiger partial charge in [-0.3, -0.25) is 0 Å². The van der Waals surface area contributed by atoms with E-state index in [2.05, 4.69) is 39.9 Å². The van der Waals surface area contributed by atoms with Crippen molar-refractivity contribution in [3.8, 4) is 0 Å². The molecule has 0 heterocycles. The van der Waals surface area contributed by atoms with Gasteiger partial charge in [-0.05, 0) is 53.0 Å². The third-order valence-corrected chi connectivity index (χ3v) is 3.67. The van der Waals surface area contributed by atoms with E-state index in [0.29, 0.717) is 12.1 Å². The van der Waals surface area contributed by atoms with Crippen molar-refractivity contribution in [2.75, 3.05) is 20.3 Å². The molecule has 0 rings (SSSR count). The molecule has 0 aliphatic carbocycles. The Morgan fingerprint density at radius 3 is 2.21 bits per heavy atom. The monoisotopic (exact) mass is 273 g/mol. The molecule has 0 bridgehead atoms. The zero-order valence-electron chi connectivity index (χ0n) is 13.9. The van der Waals surface area contributed by atoms with E-state index in [1.54, 1.807) is 7.11 Å². The summed E-state index contributed by atoms with van der Waals surface area (Å²) in [6.07, 6.45) is 5.94. The molecule has 0 spiro atoms. The Balaban J connectivity index is 4.47. The van der Waals surface area contributed by atoms with Gasteiger partial charge in [-0.1, -0.05) is 20.3 Å². The van der Waals surface area contributed by atoms with Gasteiger partial charge in [0, 0.05) is 19.8 Å². The van der Waals surface area contributed by atoms with Gasteiger partial charge >= 0.3 is 0 Å². The zero-order chi connectivity index (χ0) is 14.7. The highest BCUT2D eigenvalue weighted by molar-refractivity contribution is 4.81. The molecule has 0 saturated carbocycles. The molecule has 3 heteroatoms. The fourth-order valence-corrected chi connectivity index (χ4v) is 2.25. The molecule has 0 amide bonds. The number of hydrogen-bond acceptors (Lipinski definition) is 3. The summed E-state index contributed by atoms with van der Waals surface area (Å²) in [4.78, 5) is 0. The van der Waals surface area contributed by atoms with Crippen molar-refractivity contribution < 1.29 is 9.47 Å². The van der Waals surface area contributed by atoms with Crippen LogP contribution in [0, 0.1) is 0 Å². The molecule has 1 N–H and O–H groups in total. The molecule has 116 valence electrons. The summed E-state index contributed by atoms with van der Waals surface area (Å²) in [5, 5.41) is 3.66. The van der Waals surface area contributed by atoms with E-state index in [1.165, 1.54) is 6.42 Å². The van der Waals surface area contributed by atoms with Crippen LogP contribution in [0.4, 0.5) is 0 Å². The zero-order valence-corrected chi connectivity index (χ0v) is 13.9. The largest absolute Gasteiger partial charge is 0.379 e. The van der Waals surface area contributed by atoms with Gasteiger partial charge in [0.05, 0.1) is 11.7 Å². The van der Waals surface area contributed by atoms with E-state index in [4.69, 9.17) is 9.47 Å². The van der Waals surface area contributed by atoms with Gasteiger partial charge in [0.25, 0.3) is 0 Å². The highest BCUT2D eigenvalue weighted by atomic mass is 16.5. The molecule has 0 radical (unpaired) electrons. The average molecular weight is 273 g/mol. The second-order valence-electron chi connectivity index (χ2n) is 5.85. The minimum Gasteiger partial charge on any atom is -0.379 e. The Labute approximate surface area is 120 Å². The van der Waals surface area contributed by atoms with Crippen LogP contribution >= 0.6 is 0 Å². The normalized spacial score (nSPS) is 15.5. The summed E-state index contributed by atoms with van der Waals surface area (Å²) in [6, 6.07) is 0.439. The highest BCUT2D eigenvalue weighted by Crippen LogP contribution is 2.20. The Kier molecular flexibility index (Phi) is 10.6. The van der Waals surface area contributed by atoms with Crippen molar-refractivity contribution in [1.29, 1.82) is 0 Å². The number of ether oxygens (including phenoxy) is 2. The van der Waals surface area contributed by atoms with Crippen LogP contribution in [-0.4, -0.2) is 38.0 Å². The van der Waals surface area contributed by atoms with Crippen molar-refractivity contribution in [2.45, 2.75) is 84.5 Å². The SMILES string of the molecule is CCCNC(CCC(C)(C)OC)C(CCC)OCC. The molecule has 3 nitrogen and oxygen atoms in total. The minimum absolute atomic E-state index is 0.0465. The molecule has 0 fully saturated rings. The predicted molar refractivity (Wildman–Crippen MR) is 82.7 cm³/mol. The first kappa shape index (κ1) is 18.9. The summed E-state index contributed by atoms with van der Waals surface area (Å²) in [5.41, 5.74) is -0.0465. The lowest BCUT2D eigenvalue weighted by Crippen LogP contribution is -2.43. The number of methoxy groups -OCH3 is 1. The lowest BCUT2D eigenvalue weighted by Gasteiger charge is -2.31. The molecule has 0 aromatic heterocycles. The van der Waals surface area contributed by atoms with Crippen LogP contribution < -0.4 is 5.32 Å². The van der Waals surface area contributed by atoms with Gasteiger partial charge < -0.3 is 14.8 Å². The maximum atomic E-state index is 5.94. The van der Waals surface area contributed by atoms with Crippen LogP contribution in [0.2, 0.25) is 0 Å². The van der Waals surface area contributed by atoms with Gasteiger partial charge in [0.1, 0.15) is 0 Å². The van der Waals surface area contributed by atoms with Crippen molar-refractivity contribution in [3.05, 3.63) is 0 Å². The molecule has 0 aromatic carbocycles. The van der Waals surface area contributed by atoms with Crippen LogP contribution in [0.25, 0.3) is 0 Å². The summed E-state index contributed by atoms with van der Waals surface area (Å²) in [7, 11) is 1.79. The number of hydrogen-bond donors (Lipinski definition) is 1. The first-order valence-corrected chi connectivity index (χ1v) is 7.90. The fraction of sp³-hybridized carbons (Fsp3) is 1.00. The number of nitrogens with one attached hydrogen (secondary N) is 1. The van der Waals surface area contributed by atoms with Crippen LogP contribution in [-0.2, 0) is 9.47 Å². The van der Waals surface area contributed by atoms with Crippen molar-refractivity contribution in [2.24, 2.45) is 0 Å². The van der Waals surface area contributed by atoms with E-state index in [0.717, 1.165) is 38.8 Å². The molecular formula is C16H35NO2.